The number of hydrogen-bond acceptors (Lipinski definition) is 4. The van der Waals surface area contributed by atoms with Crippen molar-refractivity contribution in [1.82, 2.24) is 0 Å². The molecule has 0 unspecified atom stereocenters. The van der Waals surface area contributed by atoms with Crippen LogP contribution in [0.25, 0.3) is 5.57 Å². The van der Waals surface area contributed by atoms with Crippen molar-refractivity contribution in [2.75, 3.05) is 16.8 Å². The van der Waals surface area contributed by atoms with E-state index >= 15 is 0 Å². The molecule has 1 saturated heterocycles. The van der Waals surface area contributed by atoms with Gasteiger partial charge in [0.05, 0.1) is 21.9 Å². The van der Waals surface area contributed by atoms with Crippen LogP contribution in [0.2, 0.25) is 5.02 Å². The first-order valence-corrected chi connectivity index (χ1v) is 9.92. The average molecular weight is 466 g/mol. The van der Waals surface area contributed by atoms with E-state index < -0.39 is 0 Å². The fraction of sp³-hybridized carbons (Fsp3) is 0.0556. The van der Waals surface area contributed by atoms with Crippen molar-refractivity contribution < 1.29 is 9.59 Å². The zero-order chi connectivity index (χ0) is 18.6. The van der Waals surface area contributed by atoms with Crippen molar-refractivity contribution in [3.05, 3.63) is 62.4 Å². The van der Waals surface area contributed by atoms with Crippen LogP contribution in [-0.2, 0) is 9.59 Å². The largest absolute Gasteiger partial charge is 0.311 e. The first-order valence-electron chi connectivity index (χ1n) is 7.52. The Morgan fingerprint density at radius 3 is 2.62 bits per heavy atom. The summed E-state index contributed by atoms with van der Waals surface area (Å²) in [5, 5.41) is 0.509. The fourth-order valence-electron chi connectivity index (χ4n) is 2.97. The van der Waals surface area contributed by atoms with Crippen molar-refractivity contribution in [2.24, 2.45) is 0 Å². The summed E-state index contributed by atoms with van der Waals surface area (Å²) in [7, 11) is 1.69. The van der Waals surface area contributed by atoms with Crippen LogP contribution in [0.15, 0.2) is 51.8 Å². The Morgan fingerprint density at radius 2 is 1.88 bits per heavy atom. The molecule has 2 heterocycles. The molecule has 0 atom stereocenters. The van der Waals surface area contributed by atoms with E-state index in [1.165, 1.54) is 4.90 Å². The van der Waals surface area contributed by atoms with E-state index in [2.05, 4.69) is 15.9 Å². The van der Waals surface area contributed by atoms with Gasteiger partial charge in [0, 0.05) is 22.1 Å². The number of benzene rings is 2. The Labute approximate surface area is 172 Å². The van der Waals surface area contributed by atoms with Gasteiger partial charge in [-0.1, -0.05) is 57.6 Å². The second kappa shape index (κ2) is 6.49. The number of thioether (sulfide) groups is 1. The minimum atomic E-state index is -0.313. The molecule has 8 heteroatoms. The molecule has 0 aromatic heterocycles. The third-order valence-electron chi connectivity index (χ3n) is 4.17. The molecule has 0 saturated carbocycles. The number of carbonyl (C=O) groups excluding carboxylic acids is 2. The van der Waals surface area contributed by atoms with Crippen LogP contribution in [0.5, 0.6) is 0 Å². The highest BCUT2D eigenvalue weighted by atomic mass is 79.9. The maximum atomic E-state index is 13.1. The van der Waals surface area contributed by atoms with E-state index in [4.69, 9.17) is 23.8 Å². The molecule has 4 rings (SSSR count). The number of fused-ring (bicyclic) bond motifs is 1. The second-order valence-electron chi connectivity index (χ2n) is 5.72. The highest BCUT2D eigenvalue weighted by Gasteiger charge is 2.41. The summed E-state index contributed by atoms with van der Waals surface area (Å²) >= 11 is 16.0. The summed E-state index contributed by atoms with van der Waals surface area (Å²) in [4.78, 5) is 29.2. The number of hydrogen-bond donors (Lipinski definition) is 0. The van der Waals surface area contributed by atoms with Gasteiger partial charge in [-0.3, -0.25) is 14.5 Å². The number of halogens is 2. The first-order chi connectivity index (χ1) is 12.4. The molecule has 0 radical (unpaired) electrons. The summed E-state index contributed by atoms with van der Waals surface area (Å²) in [6.45, 7) is 0. The Kier molecular flexibility index (Phi) is 4.43. The van der Waals surface area contributed by atoms with Crippen LogP contribution in [0.4, 0.5) is 11.4 Å². The molecule has 130 valence electrons. The molecule has 2 amide bonds. The lowest BCUT2D eigenvalue weighted by Crippen LogP contribution is -2.28. The van der Waals surface area contributed by atoms with Crippen LogP contribution in [0.3, 0.4) is 0 Å². The van der Waals surface area contributed by atoms with Crippen molar-refractivity contribution in [1.29, 1.82) is 0 Å². The molecule has 0 bridgehead atoms. The van der Waals surface area contributed by atoms with E-state index in [1.54, 1.807) is 36.2 Å². The van der Waals surface area contributed by atoms with Gasteiger partial charge in [-0.25, -0.2) is 0 Å². The molecule has 2 aromatic rings. The lowest BCUT2D eigenvalue weighted by atomic mass is 10.1. The summed E-state index contributed by atoms with van der Waals surface area (Å²) in [6.07, 6.45) is 0. The van der Waals surface area contributed by atoms with Crippen molar-refractivity contribution in [2.45, 2.75) is 0 Å². The molecular weight excluding hydrogens is 456 g/mol. The van der Waals surface area contributed by atoms with Gasteiger partial charge < -0.3 is 4.90 Å². The number of thiocarbonyl (C=S) groups is 1. The molecule has 4 nitrogen and oxygen atoms in total. The predicted molar refractivity (Wildman–Crippen MR) is 114 cm³/mol. The molecular formula is C18H10BrClN2O2S2. The summed E-state index contributed by atoms with van der Waals surface area (Å²) in [5.74, 6) is -0.531. The van der Waals surface area contributed by atoms with Gasteiger partial charge in [-0.05, 0) is 36.4 Å². The quantitative estimate of drug-likeness (QED) is 0.446. The summed E-state index contributed by atoms with van der Waals surface area (Å²) in [5.41, 5.74) is 2.45. The summed E-state index contributed by atoms with van der Waals surface area (Å²) in [6, 6.07) is 12.5. The minimum absolute atomic E-state index is 0.218. The third-order valence-corrected chi connectivity index (χ3v) is 6.27. The smallest absolute Gasteiger partial charge is 0.271 e. The normalized spacial score (nSPS) is 19.6. The number of rotatable bonds is 1. The van der Waals surface area contributed by atoms with Gasteiger partial charge in [0.1, 0.15) is 0 Å². The lowest BCUT2D eigenvalue weighted by Gasteiger charge is -2.14. The minimum Gasteiger partial charge on any atom is -0.311 e. The average Bonchev–Trinajstić information content (AvgIpc) is 3.01. The van der Waals surface area contributed by atoms with Crippen LogP contribution in [-0.4, -0.2) is 23.2 Å². The Hall–Kier alpha value is -1.67. The van der Waals surface area contributed by atoms with Gasteiger partial charge in [-0.15, -0.1) is 0 Å². The maximum Gasteiger partial charge on any atom is 0.271 e. The number of anilines is 2. The monoisotopic (exact) mass is 464 g/mol. The highest BCUT2D eigenvalue weighted by molar-refractivity contribution is 9.10. The van der Waals surface area contributed by atoms with Crippen LogP contribution >= 0.6 is 51.5 Å². The molecule has 2 aliphatic rings. The standard InChI is InChI=1S/C18H10BrClN2O2S2/c1-21-13-6-5-9(19)7-12(13)14(16(21)23)15-17(24)22(18(25)26-15)11-4-2-3-10(20)8-11/h2-8H,1H3/b15-14-. The number of nitrogens with zero attached hydrogens (tertiary/aromatic N) is 2. The van der Waals surface area contributed by atoms with Gasteiger partial charge in [-0.2, -0.15) is 0 Å². The molecule has 0 N–H and O–H groups in total. The highest BCUT2D eigenvalue weighted by Crippen LogP contribution is 2.45. The maximum absolute atomic E-state index is 13.1. The van der Waals surface area contributed by atoms with Gasteiger partial charge >= 0.3 is 0 Å². The van der Waals surface area contributed by atoms with E-state index in [9.17, 15) is 9.59 Å². The van der Waals surface area contributed by atoms with E-state index in [0.29, 0.717) is 25.5 Å². The lowest BCUT2D eigenvalue weighted by molar-refractivity contribution is -0.115. The summed E-state index contributed by atoms with van der Waals surface area (Å²) < 4.78 is 1.21. The molecule has 0 spiro atoms. The van der Waals surface area contributed by atoms with E-state index in [1.807, 2.05) is 18.2 Å². The second-order valence-corrected chi connectivity index (χ2v) is 8.71. The van der Waals surface area contributed by atoms with Crippen molar-refractivity contribution >= 4 is 84.6 Å². The van der Waals surface area contributed by atoms with Gasteiger partial charge in [0.2, 0.25) is 0 Å². The molecule has 26 heavy (non-hydrogen) atoms. The molecule has 0 aliphatic carbocycles. The zero-order valence-corrected chi connectivity index (χ0v) is 17.3. The topological polar surface area (TPSA) is 40.6 Å². The van der Waals surface area contributed by atoms with Crippen molar-refractivity contribution in [3.63, 3.8) is 0 Å². The number of likely N-dealkylation sites (N-methyl/N-ethyl adjacent to an activating group) is 1. The third kappa shape index (κ3) is 2.70. The molecule has 2 aromatic carbocycles. The van der Waals surface area contributed by atoms with Gasteiger partial charge in [0.25, 0.3) is 11.8 Å². The fourth-order valence-corrected chi connectivity index (χ4v) is 4.89. The SMILES string of the molecule is CN1C(=O)/C(=C2\SC(=S)N(c3cccc(Cl)c3)C2=O)c2cc(Br)ccc21. The Morgan fingerprint density at radius 1 is 1.12 bits per heavy atom. The number of carbonyl (C=O) groups is 2. The zero-order valence-electron chi connectivity index (χ0n) is 13.3. The van der Waals surface area contributed by atoms with Gasteiger partial charge in [0.15, 0.2) is 4.32 Å². The van der Waals surface area contributed by atoms with Crippen LogP contribution in [0.1, 0.15) is 5.56 Å². The van der Waals surface area contributed by atoms with E-state index in [0.717, 1.165) is 27.5 Å². The van der Waals surface area contributed by atoms with E-state index in [-0.39, 0.29) is 11.8 Å². The Bertz CT molecular complexity index is 1040. The number of amides is 2. The van der Waals surface area contributed by atoms with Crippen LogP contribution < -0.4 is 9.80 Å². The first kappa shape index (κ1) is 17.7. The molecule has 1 fully saturated rings. The Balaban J connectivity index is 1.87. The molecule has 2 aliphatic heterocycles. The van der Waals surface area contributed by atoms with Crippen molar-refractivity contribution in [3.8, 4) is 0 Å². The predicted octanol–water partition coefficient (Wildman–Crippen LogP) is 4.85. The van der Waals surface area contributed by atoms with Crippen LogP contribution in [0, 0.1) is 0 Å².